The van der Waals surface area contributed by atoms with Crippen molar-refractivity contribution in [3.8, 4) is 0 Å². The minimum atomic E-state index is -0.0490. The molecule has 3 rings (SSSR count). The van der Waals surface area contributed by atoms with E-state index in [9.17, 15) is 4.79 Å². The number of carbonyl (C=O) groups is 1. The van der Waals surface area contributed by atoms with Crippen LogP contribution in [0.25, 0.3) is 0 Å². The molecule has 1 amide bonds. The highest BCUT2D eigenvalue weighted by Gasteiger charge is 2.36. The van der Waals surface area contributed by atoms with Gasteiger partial charge in [0.25, 0.3) is 0 Å². The molecule has 0 aromatic carbocycles. The van der Waals surface area contributed by atoms with Crippen molar-refractivity contribution in [1.29, 1.82) is 0 Å². The van der Waals surface area contributed by atoms with Crippen LogP contribution in [0.3, 0.4) is 0 Å². The summed E-state index contributed by atoms with van der Waals surface area (Å²) in [5.74, 6) is 1.06. The summed E-state index contributed by atoms with van der Waals surface area (Å²) in [6.07, 6.45) is 5.40. The van der Waals surface area contributed by atoms with Crippen molar-refractivity contribution < 1.29 is 4.79 Å². The molecular formula is C17H23N5O. The van der Waals surface area contributed by atoms with Crippen LogP contribution in [0.15, 0.2) is 30.6 Å². The first-order valence-electron chi connectivity index (χ1n) is 7.97. The monoisotopic (exact) mass is 313 g/mol. The van der Waals surface area contributed by atoms with Crippen molar-refractivity contribution in [2.45, 2.75) is 25.8 Å². The number of likely N-dealkylation sites (N-methyl/N-ethyl adjacent to an activating group) is 1. The minimum absolute atomic E-state index is 0.0490. The van der Waals surface area contributed by atoms with Gasteiger partial charge in [0.1, 0.15) is 5.82 Å². The Morgan fingerprint density at radius 3 is 2.74 bits per heavy atom. The minimum Gasteiger partial charge on any atom is -0.296 e. The Morgan fingerprint density at radius 2 is 2.09 bits per heavy atom. The summed E-state index contributed by atoms with van der Waals surface area (Å²) in [7, 11) is 3.91. The molecule has 2 aromatic heterocycles. The van der Waals surface area contributed by atoms with E-state index in [0.29, 0.717) is 0 Å². The van der Waals surface area contributed by atoms with Crippen molar-refractivity contribution >= 4 is 11.7 Å². The molecule has 1 fully saturated rings. The number of aryl methyl sites for hydroxylation is 2. The first kappa shape index (κ1) is 15.7. The highest BCUT2D eigenvalue weighted by atomic mass is 16.2. The number of anilines is 1. The van der Waals surface area contributed by atoms with Crippen LogP contribution >= 0.6 is 0 Å². The van der Waals surface area contributed by atoms with Gasteiger partial charge in [-0.2, -0.15) is 5.10 Å². The maximum absolute atomic E-state index is 12.8. The Labute approximate surface area is 136 Å². The molecular weight excluding hydrogens is 290 g/mol. The van der Waals surface area contributed by atoms with Crippen LogP contribution in [-0.4, -0.2) is 51.8 Å². The van der Waals surface area contributed by atoms with E-state index in [1.165, 1.54) is 5.56 Å². The highest BCUT2D eigenvalue weighted by molar-refractivity contribution is 5.98. The molecule has 1 saturated heterocycles. The fourth-order valence-corrected chi connectivity index (χ4v) is 3.16. The second kappa shape index (κ2) is 6.50. The molecule has 23 heavy (non-hydrogen) atoms. The summed E-state index contributed by atoms with van der Waals surface area (Å²) in [6, 6.07) is 5.97. The van der Waals surface area contributed by atoms with Crippen molar-refractivity contribution in [2.24, 2.45) is 7.05 Å². The first-order valence-corrected chi connectivity index (χ1v) is 7.97. The maximum atomic E-state index is 12.8. The van der Waals surface area contributed by atoms with Gasteiger partial charge in [0, 0.05) is 38.6 Å². The van der Waals surface area contributed by atoms with E-state index < -0.39 is 0 Å². The van der Waals surface area contributed by atoms with Crippen LogP contribution < -0.4 is 4.90 Å². The summed E-state index contributed by atoms with van der Waals surface area (Å²) in [5, 5.41) is 4.34. The van der Waals surface area contributed by atoms with Crippen LogP contribution in [-0.2, 0) is 18.3 Å². The smallest absolute Gasteiger partial charge is 0.245 e. The van der Waals surface area contributed by atoms with Crippen molar-refractivity contribution in [2.75, 3.05) is 25.0 Å². The summed E-state index contributed by atoms with van der Waals surface area (Å²) in [6.45, 7) is 3.56. The summed E-state index contributed by atoms with van der Waals surface area (Å²) >= 11 is 0. The first-order chi connectivity index (χ1) is 11.1. The number of aromatic nitrogens is 3. The van der Waals surface area contributed by atoms with Crippen molar-refractivity contribution in [3.05, 3.63) is 41.9 Å². The van der Waals surface area contributed by atoms with Gasteiger partial charge in [0.2, 0.25) is 5.91 Å². The predicted octanol–water partition coefficient (Wildman–Crippen LogP) is 1.40. The molecule has 1 aliphatic rings. The lowest BCUT2D eigenvalue weighted by Crippen LogP contribution is -2.41. The summed E-state index contributed by atoms with van der Waals surface area (Å²) < 4.78 is 1.78. The number of hydrogen-bond acceptors (Lipinski definition) is 4. The summed E-state index contributed by atoms with van der Waals surface area (Å²) in [5.41, 5.74) is 2.18. The largest absolute Gasteiger partial charge is 0.296 e. The molecule has 6 heteroatoms. The van der Waals surface area contributed by atoms with Gasteiger partial charge >= 0.3 is 0 Å². The average Bonchev–Trinajstić information content (AvgIpc) is 3.08. The molecule has 2 aromatic rings. The zero-order valence-corrected chi connectivity index (χ0v) is 13.9. The van der Waals surface area contributed by atoms with Gasteiger partial charge < -0.3 is 0 Å². The quantitative estimate of drug-likeness (QED) is 0.837. The summed E-state index contributed by atoms with van der Waals surface area (Å²) in [4.78, 5) is 20.8. The molecule has 0 aliphatic carbocycles. The third kappa shape index (κ3) is 3.27. The lowest BCUT2D eigenvalue weighted by Gasteiger charge is -2.23. The van der Waals surface area contributed by atoms with Gasteiger partial charge in [-0.25, -0.2) is 0 Å². The molecule has 6 nitrogen and oxygen atoms in total. The van der Waals surface area contributed by atoms with Gasteiger partial charge in [0.05, 0.1) is 11.7 Å². The fraction of sp³-hybridized carbons (Fsp3) is 0.471. The average molecular weight is 313 g/mol. The molecule has 0 saturated carbocycles. The zero-order valence-electron chi connectivity index (χ0n) is 13.9. The Morgan fingerprint density at radius 1 is 1.35 bits per heavy atom. The SMILES string of the molecule is Cc1cc(N2CCC(N(C)CCc3ccncc3)C2=O)n(C)n1. The molecule has 0 radical (unpaired) electrons. The van der Waals surface area contributed by atoms with Crippen LogP contribution in [0.2, 0.25) is 0 Å². The number of pyridine rings is 1. The molecule has 0 spiro atoms. The number of rotatable bonds is 5. The second-order valence-electron chi connectivity index (χ2n) is 6.15. The van der Waals surface area contributed by atoms with Crippen molar-refractivity contribution in [1.82, 2.24) is 19.7 Å². The molecule has 1 unspecified atom stereocenters. The van der Waals surface area contributed by atoms with E-state index in [4.69, 9.17) is 0 Å². The molecule has 3 heterocycles. The zero-order chi connectivity index (χ0) is 16.4. The number of nitrogens with zero attached hydrogens (tertiary/aromatic N) is 5. The third-order valence-corrected chi connectivity index (χ3v) is 4.47. The number of carbonyl (C=O) groups excluding carboxylic acids is 1. The van der Waals surface area contributed by atoms with E-state index in [2.05, 4.69) is 15.0 Å². The molecule has 0 bridgehead atoms. The Hall–Kier alpha value is -2.21. The number of hydrogen-bond donors (Lipinski definition) is 0. The van der Waals surface area contributed by atoms with E-state index in [1.807, 2.05) is 56.5 Å². The standard InChI is InChI=1S/C17H23N5O/c1-13-12-16(21(3)19-13)22-11-7-15(17(22)23)20(2)10-6-14-4-8-18-9-5-14/h4-5,8-9,12,15H,6-7,10-11H2,1-3H3. The van der Waals surface area contributed by atoms with Gasteiger partial charge in [-0.3, -0.25) is 24.3 Å². The van der Waals surface area contributed by atoms with Crippen LogP contribution in [0.5, 0.6) is 0 Å². The van der Waals surface area contributed by atoms with Gasteiger partial charge in [0.15, 0.2) is 0 Å². The van der Waals surface area contributed by atoms with Crippen LogP contribution in [0.1, 0.15) is 17.7 Å². The van der Waals surface area contributed by atoms with E-state index in [0.717, 1.165) is 37.4 Å². The lowest BCUT2D eigenvalue weighted by molar-refractivity contribution is -0.121. The second-order valence-corrected chi connectivity index (χ2v) is 6.15. The van der Waals surface area contributed by atoms with Crippen molar-refractivity contribution in [3.63, 3.8) is 0 Å². The molecule has 1 atom stereocenters. The predicted molar refractivity (Wildman–Crippen MR) is 89.3 cm³/mol. The number of amides is 1. The van der Waals surface area contributed by atoms with Crippen LogP contribution in [0.4, 0.5) is 5.82 Å². The van der Waals surface area contributed by atoms with E-state index in [1.54, 1.807) is 4.68 Å². The Balaban J connectivity index is 1.63. The topological polar surface area (TPSA) is 54.3 Å². The van der Waals surface area contributed by atoms with Gasteiger partial charge in [-0.05, 0) is 44.5 Å². The molecule has 122 valence electrons. The Bertz CT molecular complexity index is 682. The highest BCUT2D eigenvalue weighted by Crippen LogP contribution is 2.24. The lowest BCUT2D eigenvalue weighted by atomic mass is 10.1. The fourth-order valence-electron chi connectivity index (χ4n) is 3.16. The molecule has 0 N–H and O–H groups in total. The third-order valence-electron chi connectivity index (χ3n) is 4.47. The normalized spacial score (nSPS) is 18.2. The maximum Gasteiger partial charge on any atom is 0.245 e. The van der Waals surface area contributed by atoms with E-state index in [-0.39, 0.29) is 11.9 Å². The van der Waals surface area contributed by atoms with Gasteiger partial charge in [-0.15, -0.1) is 0 Å². The Kier molecular flexibility index (Phi) is 4.43. The molecule has 1 aliphatic heterocycles. The van der Waals surface area contributed by atoms with Gasteiger partial charge in [-0.1, -0.05) is 0 Å². The van der Waals surface area contributed by atoms with E-state index >= 15 is 0 Å². The van der Waals surface area contributed by atoms with Crippen LogP contribution in [0, 0.1) is 6.92 Å².